The topological polar surface area (TPSA) is 26.3 Å². The Morgan fingerprint density at radius 1 is 1.41 bits per heavy atom. The van der Waals surface area contributed by atoms with Crippen LogP contribution in [0.15, 0.2) is 12.1 Å². The van der Waals surface area contributed by atoms with Gasteiger partial charge in [0.25, 0.3) is 0 Å². The van der Waals surface area contributed by atoms with Crippen LogP contribution in [0.5, 0.6) is 0 Å². The normalized spacial score (nSPS) is 11.4. The third-order valence-corrected chi connectivity index (χ3v) is 2.40. The van der Waals surface area contributed by atoms with E-state index in [-0.39, 0.29) is 0 Å². The van der Waals surface area contributed by atoms with Crippen molar-refractivity contribution in [2.24, 2.45) is 0 Å². The number of esters is 1. The average molecular weight is 271 g/mol. The molecule has 0 spiro atoms. The number of carbonyl (C=O) groups is 1. The molecule has 7 heteroatoms. The van der Waals surface area contributed by atoms with Crippen LogP contribution in [-0.2, 0) is 22.1 Å². The maximum Gasteiger partial charge on any atom is 0.418 e. The van der Waals surface area contributed by atoms with Crippen LogP contribution in [-0.4, -0.2) is 13.1 Å². The average Bonchev–Trinajstić information content (AvgIpc) is 2.21. The fourth-order valence-corrected chi connectivity index (χ4v) is 1.56. The maximum atomic E-state index is 13.0. The van der Waals surface area contributed by atoms with Gasteiger partial charge in [-0.05, 0) is 11.6 Å². The van der Waals surface area contributed by atoms with Crippen molar-refractivity contribution in [3.05, 3.63) is 34.1 Å². The number of carbonyl (C=O) groups excluding carboxylic acids is 1. The van der Waals surface area contributed by atoms with Crippen LogP contribution in [0.4, 0.5) is 17.6 Å². The molecule has 0 radical (unpaired) electrons. The molecule has 1 aromatic carbocycles. The Kier molecular flexibility index (Phi) is 3.98. The molecule has 0 aliphatic carbocycles. The molecule has 17 heavy (non-hydrogen) atoms. The molecule has 0 saturated carbocycles. The SMILES string of the molecule is COC(=O)Cc1ccc(F)c(Cl)c1C(F)(F)F. The second kappa shape index (κ2) is 4.91. The summed E-state index contributed by atoms with van der Waals surface area (Å²) in [5, 5.41) is -1.04. The number of ether oxygens (including phenoxy) is 1. The summed E-state index contributed by atoms with van der Waals surface area (Å²) in [6.45, 7) is 0. The summed E-state index contributed by atoms with van der Waals surface area (Å²) in [5.74, 6) is -2.05. The Balaban J connectivity index is 3.31. The van der Waals surface area contributed by atoms with Crippen LogP contribution < -0.4 is 0 Å². The minimum absolute atomic E-state index is 0.421. The molecule has 0 unspecified atom stereocenters. The van der Waals surface area contributed by atoms with Crippen molar-refractivity contribution >= 4 is 17.6 Å². The number of benzene rings is 1. The summed E-state index contributed by atoms with van der Waals surface area (Å²) in [4.78, 5) is 10.9. The quantitative estimate of drug-likeness (QED) is 0.609. The number of methoxy groups -OCH3 is 1. The monoisotopic (exact) mass is 270 g/mol. The van der Waals surface area contributed by atoms with Crippen LogP contribution in [0.2, 0.25) is 5.02 Å². The lowest BCUT2D eigenvalue weighted by atomic mass is 10.0. The van der Waals surface area contributed by atoms with E-state index in [1.54, 1.807) is 0 Å². The molecule has 0 bridgehead atoms. The van der Waals surface area contributed by atoms with Crippen LogP contribution in [0.3, 0.4) is 0 Å². The number of alkyl halides is 3. The first-order chi connectivity index (χ1) is 7.77. The number of halogens is 5. The molecule has 0 N–H and O–H groups in total. The minimum Gasteiger partial charge on any atom is -0.469 e. The minimum atomic E-state index is -4.83. The Labute approximate surface area is 99.1 Å². The fourth-order valence-electron chi connectivity index (χ4n) is 1.27. The van der Waals surface area contributed by atoms with E-state index in [1.807, 2.05) is 0 Å². The molecule has 0 aliphatic heterocycles. The molecule has 0 aromatic heterocycles. The summed E-state index contributed by atoms with van der Waals surface area (Å²) in [7, 11) is 1.04. The van der Waals surface area contributed by atoms with E-state index in [1.165, 1.54) is 0 Å². The molecule has 2 nitrogen and oxygen atoms in total. The van der Waals surface area contributed by atoms with E-state index in [0.29, 0.717) is 0 Å². The van der Waals surface area contributed by atoms with Crippen molar-refractivity contribution in [1.29, 1.82) is 0 Å². The highest BCUT2D eigenvalue weighted by molar-refractivity contribution is 6.31. The smallest absolute Gasteiger partial charge is 0.418 e. The summed E-state index contributed by atoms with van der Waals surface area (Å²) >= 11 is 5.26. The first-order valence-electron chi connectivity index (χ1n) is 4.38. The molecule has 94 valence electrons. The third-order valence-electron chi connectivity index (χ3n) is 2.03. The van der Waals surface area contributed by atoms with E-state index in [2.05, 4.69) is 4.74 Å². The van der Waals surface area contributed by atoms with Crippen LogP contribution in [0.1, 0.15) is 11.1 Å². The van der Waals surface area contributed by atoms with Gasteiger partial charge >= 0.3 is 12.1 Å². The molecule has 1 rings (SSSR count). The van der Waals surface area contributed by atoms with Crippen LogP contribution in [0, 0.1) is 5.82 Å². The van der Waals surface area contributed by atoms with Gasteiger partial charge < -0.3 is 4.74 Å². The zero-order valence-corrected chi connectivity index (χ0v) is 9.32. The van der Waals surface area contributed by atoms with E-state index in [9.17, 15) is 22.4 Å². The van der Waals surface area contributed by atoms with Gasteiger partial charge in [0.1, 0.15) is 5.82 Å². The molecule has 1 aromatic rings. The summed E-state index contributed by atoms with van der Waals surface area (Å²) in [6.07, 6.45) is -5.45. The highest BCUT2D eigenvalue weighted by atomic mass is 35.5. The van der Waals surface area contributed by atoms with Gasteiger partial charge in [-0.2, -0.15) is 13.2 Å². The molecular formula is C10H7ClF4O2. The fraction of sp³-hybridized carbons (Fsp3) is 0.300. The van der Waals surface area contributed by atoms with Gasteiger partial charge in [0.05, 0.1) is 24.1 Å². The van der Waals surface area contributed by atoms with Gasteiger partial charge in [0.2, 0.25) is 0 Å². The van der Waals surface area contributed by atoms with Gasteiger partial charge in [-0.25, -0.2) is 4.39 Å². The zero-order chi connectivity index (χ0) is 13.2. The third kappa shape index (κ3) is 3.09. The lowest BCUT2D eigenvalue weighted by molar-refractivity contribution is -0.141. The summed E-state index contributed by atoms with van der Waals surface area (Å²) in [5.41, 5.74) is -1.76. The van der Waals surface area contributed by atoms with Gasteiger partial charge in [0, 0.05) is 0 Å². The largest absolute Gasteiger partial charge is 0.469 e. The Hall–Kier alpha value is -1.30. The van der Waals surface area contributed by atoms with Gasteiger partial charge in [0.15, 0.2) is 0 Å². The highest BCUT2D eigenvalue weighted by Crippen LogP contribution is 2.38. The predicted molar refractivity (Wildman–Crippen MR) is 52.1 cm³/mol. The highest BCUT2D eigenvalue weighted by Gasteiger charge is 2.37. The van der Waals surface area contributed by atoms with Crippen LogP contribution >= 0.6 is 11.6 Å². The van der Waals surface area contributed by atoms with Crippen molar-refractivity contribution in [2.75, 3.05) is 7.11 Å². The second-order valence-corrected chi connectivity index (χ2v) is 3.52. The number of rotatable bonds is 2. The predicted octanol–water partition coefficient (Wildman–Crippen LogP) is 3.21. The van der Waals surface area contributed by atoms with Crippen molar-refractivity contribution in [1.82, 2.24) is 0 Å². The van der Waals surface area contributed by atoms with E-state index in [0.717, 1.165) is 19.2 Å². The maximum absolute atomic E-state index is 13.0. The summed E-state index contributed by atoms with van der Waals surface area (Å²) < 4.78 is 55.1. The lowest BCUT2D eigenvalue weighted by Gasteiger charge is -2.14. The second-order valence-electron chi connectivity index (χ2n) is 3.15. The van der Waals surface area contributed by atoms with Crippen LogP contribution in [0.25, 0.3) is 0 Å². The van der Waals surface area contributed by atoms with E-state index < -0.39 is 40.5 Å². The van der Waals surface area contributed by atoms with E-state index in [4.69, 9.17) is 11.6 Å². The molecule has 0 fully saturated rings. The number of hydrogen-bond acceptors (Lipinski definition) is 2. The van der Waals surface area contributed by atoms with E-state index >= 15 is 0 Å². The molecule has 0 heterocycles. The number of hydrogen-bond donors (Lipinski definition) is 0. The van der Waals surface area contributed by atoms with Crippen molar-refractivity contribution in [3.63, 3.8) is 0 Å². The van der Waals surface area contributed by atoms with Crippen molar-refractivity contribution < 1.29 is 27.1 Å². The molecule has 0 amide bonds. The lowest BCUT2D eigenvalue weighted by Crippen LogP contribution is -2.14. The molecular weight excluding hydrogens is 264 g/mol. The Morgan fingerprint density at radius 3 is 2.47 bits per heavy atom. The van der Waals surface area contributed by atoms with Gasteiger partial charge in [-0.1, -0.05) is 17.7 Å². The summed E-state index contributed by atoms with van der Waals surface area (Å²) in [6, 6.07) is 1.64. The first-order valence-corrected chi connectivity index (χ1v) is 4.76. The van der Waals surface area contributed by atoms with Gasteiger partial charge in [-0.15, -0.1) is 0 Å². The molecule has 0 atom stereocenters. The van der Waals surface area contributed by atoms with Crippen molar-refractivity contribution in [3.8, 4) is 0 Å². The van der Waals surface area contributed by atoms with Crippen molar-refractivity contribution in [2.45, 2.75) is 12.6 Å². The molecule has 0 saturated heterocycles. The zero-order valence-electron chi connectivity index (χ0n) is 8.57. The Morgan fingerprint density at radius 2 is 2.00 bits per heavy atom. The first kappa shape index (κ1) is 13.8. The van der Waals surface area contributed by atoms with Gasteiger partial charge in [-0.3, -0.25) is 4.79 Å². The Bertz CT molecular complexity index is 443. The molecule has 0 aliphatic rings. The standard InChI is InChI=1S/C10H7ClF4O2/c1-17-7(16)4-5-2-3-6(12)9(11)8(5)10(13,14)15/h2-3H,4H2,1H3.